The Labute approximate surface area is 132 Å². The third-order valence-corrected chi connectivity index (χ3v) is 3.39. The smallest absolute Gasteiger partial charge is 0.267 e. The van der Waals surface area contributed by atoms with Crippen LogP contribution in [0, 0.1) is 0 Å². The largest absolute Gasteiger partial charge is 0.479 e. The van der Waals surface area contributed by atoms with E-state index < -0.39 is 6.10 Å². The maximum Gasteiger partial charge on any atom is 0.267 e. The second-order valence-electron chi connectivity index (χ2n) is 4.76. The molecular weight excluding hydrogens is 336 g/mol. The van der Waals surface area contributed by atoms with Gasteiger partial charge in [0.05, 0.1) is 5.69 Å². The summed E-state index contributed by atoms with van der Waals surface area (Å²) in [5.74, 6) is 0.408. The van der Waals surface area contributed by atoms with Crippen LogP contribution < -0.4 is 15.0 Å². The van der Waals surface area contributed by atoms with E-state index in [9.17, 15) is 9.59 Å². The van der Waals surface area contributed by atoms with Crippen LogP contribution in [0.4, 0.5) is 5.69 Å². The van der Waals surface area contributed by atoms with Crippen molar-refractivity contribution in [2.24, 2.45) is 0 Å². The third kappa shape index (κ3) is 3.85. The van der Waals surface area contributed by atoms with Crippen molar-refractivity contribution in [3.8, 4) is 5.75 Å². The number of amides is 2. The summed E-state index contributed by atoms with van der Waals surface area (Å²) in [6, 6.07) is 7.33. The van der Waals surface area contributed by atoms with Crippen molar-refractivity contribution in [3.63, 3.8) is 0 Å². The minimum Gasteiger partial charge on any atom is -0.479 e. The van der Waals surface area contributed by atoms with Crippen LogP contribution in [0.5, 0.6) is 5.75 Å². The molecule has 1 aliphatic rings. The molecule has 0 spiro atoms. The molecular formula is C15H17BrN2O3. The minimum atomic E-state index is -0.537. The van der Waals surface area contributed by atoms with Crippen molar-refractivity contribution in [2.75, 3.05) is 18.0 Å². The molecule has 1 heterocycles. The van der Waals surface area contributed by atoms with E-state index in [1.54, 1.807) is 11.8 Å². The van der Waals surface area contributed by atoms with Crippen LogP contribution in [0.3, 0.4) is 0 Å². The number of fused-ring (bicyclic) bond motifs is 1. The summed E-state index contributed by atoms with van der Waals surface area (Å²) in [5.41, 5.74) is 0.707. The Morgan fingerprint density at radius 1 is 1.48 bits per heavy atom. The van der Waals surface area contributed by atoms with E-state index in [0.29, 0.717) is 29.0 Å². The van der Waals surface area contributed by atoms with E-state index in [2.05, 4.69) is 27.8 Å². The van der Waals surface area contributed by atoms with E-state index in [1.165, 1.54) is 0 Å². The number of nitrogens with one attached hydrogen (secondary N) is 1. The van der Waals surface area contributed by atoms with E-state index in [-0.39, 0.29) is 18.2 Å². The average molecular weight is 353 g/mol. The van der Waals surface area contributed by atoms with Gasteiger partial charge in [0, 0.05) is 24.0 Å². The van der Waals surface area contributed by atoms with Gasteiger partial charge in [0.15, 0.2) is 6.10 Å². The fourth-order valence-electron chi connectivity index (χ4n) is 2.09. The Bertz CT molecular complexity index is 574. The summed E-state index contributed by atoms with van der Waals surface area (Å²) in [4.78, 5) is 25.6. The highest BCUT2D eigenvalue weighted by atomic mass is 79.9. The number of hydrogen-bond donors (Lipinski definition) is 1. The van der Waals surface area contributed by atoms with E-state index in [1.807, 2.05) is 24.3 Å². The molecule has 0 unspecified atom stereocenters. The van der Waals surface area contributed by atoms with Gasteiger partial charge in [0.1, 0.15) is 5.75 Å². The first kappa shape index (κ1) is 15.6. The lowest BCUT2D eigenvalue weighted by Gasteiger charge is -2.32. The van der Waals surface area contributed by atoms with Gasteiger partial charge in [0.25, 0.3) is 5.91 Å². The van der Waals surface area contributed by atoms with Crippen molar-refractivity contribution in [1.29, 1.82) is 0 Å². The van der Waals surface area contributed by atoms with Crippen LogP contribution in [0.1, 0.15) is 13.3 Å². The Kier molecular flexibility index (Phi) is 5.01. The molecule has 0 fully saturated rings. The zero-order valence-electron chi connectivity index (χ0n) is 11.8. The van der Waals surface area contributed by atoms with Gasteiger partial charge in [-0.05, 0) is 19.1 Å². The van der Waals surface area contributed by atoms with Crippen LogP contribution in [-0.4, -0.2) is 31.0 Å². The quantitative estimate of drug-likeness (QED) is 0.883. The number of anilines is 1. The molecule has 6 heteroatoms. The standard InChI is InChI=1S/C15H17BrN2O3/c1-10(16)9-17-14(19)7-8-18-12-5-3-4-6-13(12)21-11(2)15(18)20/h3-6,11H,1,7-9H2,2H3,(H,17,19)/t11-/m1/s1. The van der Waals surface area contributed by atoms with Crippen LogP contribution in [-0.2, 0) is 9.59 Å². The first-order valence-electron chi connectivity index (χ1n) is 6.66. The van der Waals surface area contributed by atoms with E-state index in [0.717, 1.165) is 0 Å². The molecule has 1 aliphatic heterocycles. The molecule has 2 amide bonds. The summed E-state index contributed by atoms with van der Waals surface area (Å²) in [6.07, 6.45) is -0.308. The van der Waals surface area contributed by atoms with Gasteiger partial charge in [-0.15, -0.1) is 0 Å². The number of carbonyl (C=O) groups is 2. The lowest BCUT2D eigenvalue weighted by atomic mass is 10.1. The molecule has 0 aromatic heterocycles. The molecule has 0 saturated heterocycles. The summed E-state index contributed by atoms with van der Waals surface area (Å²) in [7, 11) is 0. The fraction of sp³-hybridized carbons (Fsp3) is 0.333. The molecule has 1 aromatic carbocycles. The third-order valence-electron chi connectivity index (χ3n) is 3.11. The normalized spacial score (nSPS) is 17.0. The Morgan fingerprint density at radius 2 is 2.19 bits per heavy atom. The van der Waals surface area contributed by atoms with Crippen LogP contribution in [0.25, 0.3) is 0 Å². The van der Waals surface area contributed by atoms with Crippen molar-refractivity contribution in [3.05, 3.63) is 35.3 Å². The topological polar surface area (TPSA) is 58.6 Å². The molecule has 2 rings (SSSR count). The lowest BCUT2D eigenvalue weighted by Crippen LogP contribution is -2.45. The predicted octanol–water partition coefficient (Wildman–Crippen LogP) is 2.22. The van der Waals surface area contributed by atoms with Crippen molar-refractivity contribution >= 4 is 33.4 Å². The van der Waals surface area contributed by atoms with Gasteiger partial charge in [0.2, 0.25) is 5.91 Å². The van der Waals surface area contributed by atoms with Gasteiger partial charge in [-0.3, -0.25) is 9.59 Å². The molecule has 1 atom stereocenters. The second-order valence-corrected chi connectivity index (χ2v) is 5.88. The summed E-state index contributed by atoms with van der Waals surface area (Å²) >= 11 is 3.18. The molecule has 0 bridgehead atoms. The summed E-state index contributed by atoms with van der Waals surface area (Å²) in [6.45, 7) is 6.06. The SMILES string of the molecule is C=C(Br)CNC(=O)CCN1C(=O)[C@@H](C)Oc2ccccc21. The van der Waals surface area contributed by atoms with Gasteiger partial charge < -0.3 is 15.0 Å². The molecule has 0 radical (unpaired) electrons. The molecule has 0 aliphatic carbocycles. The number of carbonyl (C=O) groups excluding carboxylic acids is 2. The van der Waals surface area contributed by atoms with Gasteiger partial charge in [-0.2, -0.15) is 0 Å². The summed E-state index contributed by atoms with van der Waals surface area (Å²) < 4.78 is 6.26. The van der Waals surface area contributed by atoms with Crippen molar-refractivity contribution in [2.45, 2.75) is 19.4 Å². The molecule has 21 heavy (non-hydrogen) atoms. The Hall–Kier alpha value is -1.82. The van der Waals surface area contributed by atoms with Crippen LogP contribution in [0.15, 0.2) is 35.3 Å². The van der Waals surface area contributed by atoms with Crippen LogP contribution >= 0.6 is 15.9 Å². The number of hydrogen-bond acceptors (Lipinski definition) is 3. The first-order valence-corrected chi connectivity index (χ1v) is 7.45. The molecule has 0 saturated carbocycles. The van der Waals surface area contributed by atoms with Crippen molar-refractivity contribution < 1.29 is 14.3 Å². The fourth-order valence-corrected chi connectivity index (χ4v) is 2.23. The molecule has 1 N–H and O–H groups in total. The minimum absolute atomic E-state index is 0.125. The first-order chi connectivity index (χ1) is 9.99. The second kappa shape index (κ2) is 6.76. The number of benzene rings is 1. The average Bonchev–Trinajstić information content (AvgIpc) is 2.45. The van der Waals surface area contributed by atoms with E-state index >= 15 is 0 Å². The maximum absolute atomic E-state index is 12.2. The lowest BCUT2D eigenvalue weighted by molar-refractivity contribution is -0.125. The number of nitrogens with zero attached hydrogens (tertiary/aromatic N) is 1. The maximum atomic E-state index is 12.2. The number of rotatable bonds is 5. The Balaban J connectivity index is 2.03. The highest BCUT2D eigenvalue weighted by Crippen LogP contribution is 2.33. The number of ether oxygens (including phenoxy) is 1. The Morgan fingerprint density at radius 3 is 2.90 bits per heavy atom. The predicted molar refractivity (Wildman–Crippen MR) is 84.6 cm³/mol. The number of para-hydroxylation sites is 2. The monoisotopic (exact) mass is 352 g/mol. The van der Waals surface area contributed by atoms with Crippen LogP contribution in [0.2, 0.25) is 0 Å². The molecule has 1 aromatic rings. The zero-order chi connectivity index (χ0) is 15.4. The summed E-state index contributed by atoms with van der Waals surface area (Å²) in [5, 5.41) is 2.72. The molecule has 112 valence electrons. The van der Waals surface area contributed by atoms with Gasteiger partial charge >= 0.3 is 0 Å². The van der Waals surface area contributed by atoms with Gasteiger partial charge in [-0.25, -0.2) is 0 Å². The highest BCUT2D eigenvalue weighted by molar-refractivity contribution is 9.11. The molecule has 5 nitrogen and oxygen atoms in total. The highest BCUT2D eigenvalue weighted by Gasteiger charge is 2.31. The number of halogens is 1. The van der Waals surface area contributed by atoms with E-state index in [4.69, 9.17) is 4.74 Å². The van der Waals surface area contributed by atoms with Crippen molar-refractivity contribution in [1.82, 2.24) is 5.32 Å². The zero-order valence-corrected chi connectivity index (χ0v) is 13.4. The van der Waals surface area contributed by atoms with Gasteiger partial charge in [-0.1, -0.05) is 34.6 Å².